The summed E-state index contributed by atoms with van der Waals surface area (Å²) in [6, 6.07) is 0. The molecule has 0 unspecified atom stereocenters. The van der Waals surface area contributed by atoms with Crippen LogP contribution in [0.25, 0.3) is 0 Å². The van der Waals surface area contributed by atoms with Gasteiger partial charge in [-0.15, -0.1) is 0 Å². The number of rotatable bonds is 16. The van der Waals surface area contributed by atoms with Crippen molar-refractivity contribution < 1.29 is 0 Å². The van der Waals surface area contributed by atoms with E-state index in [1.165, 1.54) is 64.2 Å². The molecular formula is C23H50N2. The Kier molecular flexibility index (Phi) is 12.3. The first-order valence-electron chi connectivity index (χ1n) is 11.4. The van der Waals surface area contributed by atoms with Gasteiger partial charge in [-0.1, -0.05) is 80.1 Å². The lowest BCUT2D eigenvalue weighted by molar-refractivity contribution is -0.0834. The molecule has 0 aromatic rings. The first kappa shape index (κ1) is 24.9. The van der Waals surface area contributed by atoms with Crippen LogP contribution in [0.4, 0.5) is 0 Å². The summed E-state index contributed by atoms with van der Waals surface area (Å²) >= 11 is 0. The third-order valence-electron chi connectivity index (χ3n) is 6.79. The molecular weight excluding hydrogens is 304 g/mol. The Bertz CT molecular complexity index is 295. The van der Waals surface area contributed by atoms with E-state index in [2.05, 4.69) is 41.5 Å². The molecule has 0 fully saturated rings. The molecule has 0 aromatic carbocycles. The molecule has 0 radical (unpaired) electrons. The van der Waals surface area contributed by atoms with Crippen LogP contribution in [0.5, 0.6) is 0 Å². The van der Waals surface area contributed by atoms with Crippen LogP contribution in [0, 0.1) is 10.8 Å². The van der Waals surface area contributed by atoms with E-state index in [9.17, 15) is 0 Å². The summed E-state index contributed by atoms with van der Waals surface area (Å²) in [6.45, 7) is 14.8. The highest BCUT2D eigenvalue weighted by molar-refractivity contribution is 5.11. The second-order valence-corrected chi connectivity index (χ2v) is 8.56. The predicted octanol–water partition coefficient (Wildman–Crippen LogP) is 6.81. The number of nitrogens with two attached hydrogens (primary N) is 2. The van der Waals surface area contributed by atoms with E-state index in [-0.39, 0.29) is 11.0 Å². The third kappa shape index (κ3) is 5.45. The molecule has 0 atom stereocenters. The van der Waals surface area contributed by atoms with Gasteiger partial charge in [0, 0.05) is 5.54 Å². The highest BCUT2D eigenvalue weighted by Crippen LogP contribution is 2.61. The molecule has 4 N–H and O–H groups in total. The van der Waals surface area contributed by atoms with Crippen LogP contribution in [-0.2, 0) is 0 Å². The molecule has 0 heterocycles. The topological polar surface area (TPSA) is 52.0 Å². The summed E-state index contributed by atoms with van der Waals surface area (Å²) in [7, 11) is 0. The smallest absolute Gasteiger partial charge is 0.0216 e. The molecule has 0 rings (SSSR count). The summed E-state index contributed by atoms with van der Waals surface area (Å²) in [5.74, 6) is 0. The molecule has 0 saturated heterocycles. The van der Waals surface area contributed by atoms with Crippen LogP contribution in [0.15, 0.2) is 0 Å². The van der Waals surface area contributed by atoms with Crippen molar-refractivity contribution in [2.45, 2.75) is 131 Å². The van der Waals surface area contributed by atoms with E-state index in [4.69, 9.17) is 11.5 Å². The zero-order chi connectivity index (χ0) is 19.4. The predicted molar refractivity (Wildman–Crippen MR) is 115 cm³/mol. The minimum Gasteiger partial charge on any atom is -0.330 e. The largest absolute Gasteiger partial charge is 0.330 e. The molecule has 0 bridgehead atoms. The van der Waals surface area contributed by atoms with Gasteiger partial charge in [0.1, 0.15) is 0 Å². The molecule has 0 amide bonds. The number of hydrogen-bond donors (Lipinski definition) is 2. The summed E-state index contributed by atoms with van der Waals surface area (Å²) in [4.78, 5) is 0. The van der Waals surface area contributed by atoms with Gasteiger partial charge in [0.05, 0.1) is 0 Å². The van der Waals surface area contributed by atoms with Crippen molar-refractivity contribution in [3.63, 3.8) is 0 Å². The van der Waals surface area contributed by atoms with Gasteiger partial charge in [-0.3, -0.25) is 0 Å². The van der Waals surface area contributed by atoms with Crippen LogP contribution < -0.4 is 11.5 Å². The maximum absolute atomic E-state index is 7.41. The van der Waals surface area contributed by atoms with E-state index in [0.717, 1.165) is 25.8 Å². The lowest BCUT2D eigenvalue weighted by Gasteiger charge is -2.61. The van der Waals surface area contributed by atoms with Gasteiger partial charge in [-0.05, 0) is 62.3 Å². The fraction of sp³-hybridized carbons (Fsp3) is 1.00. The van der Waals surface area contributed by atoms with Gasteiger partial charge < -0.3 is 11.5 Å². The Morgan fingerprint density at radius 3 is 1.16 bits per heavy atom. The molecule has 2 nitrogen and oxygen atoms in total. The Balaban J connectivity index is 6.52. The first-order valence-corrected chi connectivity index (χ1v) is 11.4. The zero-order valence-electron chi connectivity index (χ0n) is 18.6. The van der Waals surface area contributed by atoms with E-state index in [0.29, 0.717) is 5.41 Å². The molecule has 0 spiro atoms. The van der Waals surface area contributed by atoms with Crippen LogP contribution >= 0.6 is 0 Å². The van der Waals surface area contributed by atoms with Gasteiger partial charge >= 0.3 is 0 Å². The summed E-state index contributed by atoms with van der Waals surface area (Å²) in [6.07, 6.45) is 15.8. The Morgan fingerprint density at radius 2 is 0.880 bits per heavy atom. The van der Waals surface area contributed by atoms with Gasteiger partial charge in [-0.2, -0.15) is 0 Å². The highest BCUT2D eigenvalue weighted by atomic mass is 14.8. The zero-order valence-corrected chi connectivity index (χ0v) is 18.6. The molecule has 0 aliphatic rings. The summed E-state index contributed by atoms with van der Waals surface area (Å²) in [5, 5.41) is 0. The van der Waals surface area contributed by atoms with Crippen molar-refractivity contribution in [1.82, 2.24) is 0 Å². The second-order valence-electron chi connectivity index (χ2n) is 8.56. The van der Waals surface area contributed by atoms with Gasteiger partial charge in [-0.25, -0.2) is 0 Å². The van der Waals surface area contributed by atoms with Crippen LogP contribution in [0.2, 0.25) is 0 Å². The molecule has 0 aliphatic carbocycles. The van der Waals surface area contributed by atoms with Crippen molar-refractivity contribution in [3.8, 4) is 0 Å². The average molecular weight is 355 g/mol. The fourth-order valence-corrected chi connectivity index (χ4v) is 6.36. The highest BCUT2D eigenvalue weighted by Gasteiger charge is 2.57. The molecule has 0 aliphatic heterocycles. The lowest BCUT2D eigenvalue weighted by atomic mass is 9.45. The lowest BCUT2D eigenvalue weighted by Crippen LogP contribution is -2.63. The molecule has 0 aromatic heterocycles. The minimum absolute atomic E-state index is 0.0535. The molecule has 152 valence electrons. The standard InChI is InChI=1S/C23H50N2/c1-7-13-21(14-8-2,19-20-24)22(15-9-3,16-10-4)23(25,17-11-5)18-12-6/h7-20,24-25H2,1-6H3. The second kappa shape index (κ2) is 12.3. The van der Waals surface area contributed by atoms with Crippen LogP contribution in [0.1, 0.15) is 125 Å². The van der Waals surface area contributed by atoms with Crippen molar-refractivity contribution in [3.05, 3.63) is 0 Å². The minimum atomic E-state index is -0.0535. The summed E-state index contributed by atoms with van der Waals surface area (Å²) < 4.78 is 0. The van der Waals surface area contributed by atoms with E-state index >= 15 is 0 Å². The van der Waals surface area contributed by atoms with Crippen LogP contribution in [0.3, 0.4) is 0 Å². The van der Waals surface area contributed by atoms with Gasteiger partial charge in [0.25, 0.3) is 0 Å². The maximum Gasteiger partial charge on any atom is 0.0216 e. The first-order chi connectivity index (χ1) is 11.9. The quantitative estimate of drug-likeness (QED) is 0.320. The average Bonchev–Trinajstić information content (AvgIpc) is 2.55. The van der Waals surface area contributed by atoms with Crippen LogP contribution in [-0.4, -0.2) is 12.1 Å². The van der Waals surface area contributed by atoms with Crippen molar-refractivity contribution in [1.29, 1.82) is 0 Å². The van der Waals surface area contributed by atoms with Crippen molar-refractivity contribution in [2.75, 3.05) is 6.54 Å². The molecule has 0 saturated carbocycles. The third-order valence-corrected chi connectivity index (χ3v) is 6.79. The summed E-state index contributed by atoms with van der Waals surface area (Å²) in [5.41, 5.74) is 14.1. The fourth-order valence-electron chi connectivity index (χ4n) is 6.36. The molecule has 2 heteroatoms. The Morgan fingerprint density at radius 1 is 0.520 bits per heavy atom. The normalized spacial score (nSPS) is 13.4. The van der Waals surface area contributed by atoms with Crippen molar-refractivity contribution in [2.24, 2.45) is 22.3 Å². The van der Waals surface area contributed by atoms with Crippen molar-refractivity contribution >= 4 is 0 Å². The SMILES string of the molecule is CCCC(N)(CCC)C(CCC)(CCC)C(CCC)(CCC)CCN. The molecule has 25 heavy (non-hydrogen) atoms. The Hall–Kier alpha value is -0.0800. The Labute approximate surface area is 159 Å². The van der Waals surface area contributed by atoms with Gasteiger partial charge in [0.2, 0.25) is 0 Å². The monoisotopic (exact) mass is 354 g/mol. The number of hydrogen-bond acceptors (Lipinski definition) is 2. The van der Waals surface area contributed by atoms with E-state index < -0.39 is 0 Å². The van der Waals surface area contributed by atoms with Gasteiger partial charge in [0.15, 0.2) is 0 Å². The van der Waals surface area contributed by atoms with E-state index in [1.54, 1.807) is 0 Å². The maximum atomic E-state index is 7.41. The van der Waals surface area contributed by atoms with E-state index in [1.807, 2.05) is 0 Å².